The fourth-order valence-electron chi connectivity index (χ4n) is 5.44. The van der Waals surface area contributed by atoms with E-state index in [0.29, 0.717) is 25.8 Å². The molecule has 3 atom stereocenters. The second-order valence-corrected chi connectivity index (χ2v) is 9.64. The van der Waals surface area contributed by atoms with Gasteiger partial charge < -0.3 is 14.7 Å². The summed E-state index contributed by atoms with van der Waals surface area (Å²) in [5, 5.41) is 12.9. The van der Waals surface area contributed by atoms with Crippen molar-refractivity contribution in [2.75, 3.05) is 13.2 Å². The van der Waals surface area contributed by atoms with Gasteiger partial charge in [0.05, 0.1) is 12.6 Å². The van der Waals surface area contributed by atoms with Crippen molar-refractivity contribution in [1.29, 1.82) is 0 Å². The number of rotatable bonds is 9. The van der Waals surface area contributed by atoms with Crippen LogP contribution in [0.5, 0.6) is 0 Å². The van der Waals surface area contributed by atoms with E-state index < -0.39 is 24.1 Å². The molecule has 1 saturated heterocycles. The Labute approximate surface area is 196 Å². The minimum Gasteiger partial charge on any atom is -0.480 e. The predicted molar refractivity (Wildman–Crippen MR) is 126 cm³/mol. The van der Waals surface area contributed by atoms with Crippen LogP contribution >= 0.6 is 0 Å². The number of nitrogens with zero attached hydrogens (tertiary/aromatic N) is 1. The number of hydrogen-bond donors (Lipinski definition) is 2. The zero-order valence-electron chi connectivity index (χ0n) is 19.9. The molecule has 3 rings (SSSR count). The molecule has 1 amide bonds. The molecular weight excluding hydrogens is 420 g/mol. The van der Waals surface area contributed by atoms with Crippen LogP contribution in [0.1, 0.15) is 70.8 Å². The summed E-state index contributed by atoms with van der Waals surface area (Å²) < 4.78 is 5.25. The lowest BCUT2D eigenvalue weighted by molar-refractivity contribution is -0.157. The van der Waals surface area contributed by atoms with E-state index in [4.69, 9.17) is 4.74 Å². The molecule has 1 aromatic carbocycles. The number of esters is 1. The highest BCUT2D eigenvalue weighted by atomic mass is 16.5. The Morgan fingerprint density at radius 2 is 1.85 bits per heavy atom. The number of carboxylic acid groups (broad SMARTS) is 1. The molecule has 7 heteroatoms. The van der Waals surface area contributed by atoms with Crippen molar-refractivity contribution in [2.24, 2.45) is 5.41 Å². The molecule has 0 bridgehead atoms. The molecular formula is C26H38N2O5. The molecule has 2 aliphatic rings. The lowest BCUT2D eigenvalue weighted by atomic mass is 9.68. The largest absolute Gasteiger partial charge is 0.480 e. The molecule has 182 valence electrons. The molecule has 1 aromatic rings. The number of carbonyl (C=O) groups excluding carboxylic acids is 2. The highest BCUT2D eigenvalue weighted by Gasteiger charge is 2.45. The third kappa shape index (κ3) is 6.56. The van der Waals surface area contributed by atoms with Gasteiger partial charge in [-0.1, -0.05) is 49.6 Å². The SMILES string of the molecule is CCOC(=O)C(CCc1ccccc1)N[C@@H](C)C(=O)N1CC2(CCCCC2)CCC1C(=O)O. The van der Waals surface area contributed by atoms with Crippen LogP contribution in [0.2, 0.25) is 0 Å². The van der Waals surface area contributed by atoms with Crippen LogP contribution in [-0.2, 0) is 25.5 Å². The first kappa shape index (κ1) is 25.2. The number of piperidine rings is 1. The number of ether oxygens (including phenoxy) is 1. The standard InChI is InChI=1S/C26H38N2O5/c1-3-33-25(32)21(13-12-20-10-6-4-7-11-20)27-19(2)23(29)28-18-26(15-8-5-9-16-26)17-14-22(28)24(30)31/h4,6-7,10-11,19,21-22,27H,3,5,8-9,12-18H2,1-2H3,(H,30,31)/t19-,21?,22?/m0/s1. The number of benzene rings is 1. The number of amides is 1. The molecule has 2 N–H and O–H groups in total. The number of hydrogen-bond acceptors (Lipinski definition) is 5. The Kier molecular flexibility index (Phi) is 8.89. The van der Waals surface area contributed by atoms with Gasteiger partial charge in [-0.25, -0.2) is 4.79 Å². The van der Waals surface area contributed by atoms with E-state index in [-0.39, 0.29) is 23.9 Å². The van der Waals surface area contributed by atoms with E-state index >= 15 is 0 Å². The minimum atomic E-state index is -0.952. The van der Waals surface area contributed by atoms with Crippen LogP contribution in [0.3, 0.4) is 0 Å². The smallest absolute Gasteiger partial charge is 0.326 e. The van der Waals surface area contributed by atoms with Gasteiger partial charge in [0.15, 0.2) is 0 Å². The zero-order valence-corrected chi connectivity index (χ0v) is 19.9. The average molecular weight is 459 g/mol. The van der Waals surface area contributed by atoms with Crippen molar-refractivity contribution in [2.45, 2.75) is 89.8 Å². The van der Waals surface area contributed by atoms with Crippen LogP contribution in [0, 0.1) is 5.41 Å². The summed E-state index contributed by atoms with van der Waals surface area (Å²) in [5.74, 6) is -1.58. The van der Waals surface area contributed by atoms with Crippen LogP contribution in [0.15, 0.2) is 30.3 Å². The Morgan fingerprint density at radius 1 is 1.15 bits per heavy atom. The first-order chi connectivity index (χ1) is 15.8. The molecule has 7 nitrogen and oxygen atoms in total. The van der Waals surface area contributed by atoms with E-state index in [1.807, 2.05) is 30.3 Å². The molecule has 1 saturated carbocycles. The van der Waals surface area contributed by atoms with Crippen LogP contribution in [-0.4, -0.2) is 59.1 Å². The van der Waals surface area contributed by atoms with E-state index in [1.165, 1.54) is 6.42 Å². The Bertz CT molecular complexity index is 806. The Hall–Kier alpha value is -2.41. The molecule has 0 radical (unpaired) electrons. The van der Waals surface area contributed by atoms with E-state index in [1.54, 1.807) is 18.7 Å². The van der Waals surface area contributed by atoms with E-state index in [0.717, 1.165) is 37.7 Å². The lowest BCUT2D eigenvalue weighted by Gasteiger charge is -2.48. The maximum atomic E-state index is 13.5. The number of aliphatic carboxylic acids is 1. The number of likely N-dealkylation sites (tertiary alicyclic amines) is 1. The summed E-state index contributed by atoms with van der Waals surface area (Å²) in [4.78, 5) is 39.6. The topological polar surface area (TPSA) is 95.9 Å². The van der Waals surface area contributed by atoms with Crippen molar-refractivity contribution >= 4 is 17.8 Å². The van der Waals surface area contributed by atoms with Crippen molar-refractivity contribution in [3.8, 4) is 0 Å². The van der Waals surface area contributed by atoms with Gasteiger partial charge in [-0.05, 0) is 63.4 Å². The summed E-state index contributed by atoms with van der Waals surface area (Å²) >= 11 is 0. The van der Waals surface area contributed by atoms with Crippen LogP contribution in [0.25, 0.3) is 0 Å². The number of carbonyl (C=O) groups is 3. The van der Waals surface area contributed by atoms with Crippen molar-refractivity contribution in [1.82, 2.24) is 10.2 Å². The summed E-state index contributed by atoms with van der Waals surface area (Å²) in [6.07, 6.45) is 8.09. The maximum Gasteiger partial charge on any atom is 0.326 e. The van der Waals surface area contributed by atoms with Crippen LogP contribution in [0.4, 0.5) is 0 Å². The summed E-state index contributed by atoms with van der Waals surface area (Å²) in [7, 11) is 0. The van der Waals surface area contributed by atoms with Gasteiger partial charge in [-0.2, -0.15) is 0 Å². The average Bonchev–Trinajstić information content (AvgIpc) is 2.82. The Morgan fingerprint density at radius 3 is 2.48 bits per heavy atom. The quantitative estimate of drug-likeness (QED) is 0.550. The lowest BCUT2D eigenvalue weighted by Crippen LogP contribution is -2.60. The molecule has 2 unspecified atom stereocenters. The Balaban J connectivity index is 1.70. The van der Waals surface area contributed by atoms with Gasteiger partial charge in [-0.3, -0.25) is 14.9 Å². The number of aryl methyl sites for hydroxylation is 1. The maximum absolute atomic E-state index is 13.5. The molecule has 0 aromatic heterocycles. The van der Waals surface area contributed by atoms with Crippen molar-refractivity contribution in [3.05, 3.63) is 35.9 Å². The molecule has 1 aliphatic carbocycles. The first-order valence-electron chi connectivity index (χ1n) is 12.3. The third-order valence-corrected chi connectivity index (χ3v) is 7.27. The summed E-state index contributed by atoms with van der Waals surface area (Å²) in [6.45, 7) is 4.23. The summed E-state index contributed by atoms with van der Waals surface area (Å²) in [5.41, 5.74) is 1.14. The van der Waals surface area contributed by atoms with E-state index in [9.17, 15) is 19.5 Å². The fourth-order valence-corrected chi connectivity index (χ4v) is 5.44. The van der Waals surface area contributed by atoms with Gasteiger partial charge in [0.2, 0.25) is 5.91 Å². The molecule has 1 aliphatic heterocycles. The van der Waals surface area contributed by atoms with Gasteiger partial charge in [-0.15, -0.1) is 0 Å². The van der Waals surface area contributed by atoms with Gasteiger partial charge >= 0.3 is 11.9 Å². The normalized spacial score (nSPS) is 21.9. The first-order valence-corrected chi connectivity index (χ1v) is 12.3. The van der Waals surface area contributed by atoms with Gasteiger partial charge in [0.1, 0.15) is 12.1 Å². The summed E-state index contributed by atoms with van der Waals surface area (Å²) in [6, 6.07) is 7.74. The van der Waals surface area contributed by atoms with Gasteiger partial charge in [0, 0.05) is 6.54 Å². The van der Waals surface area contributed by atoms with Crippen LogP contribution < -0.4 is 5.32 Å². The van der Waals surface area contributed by atoms with E-state index in [2.05, 4.69) is 5.32 Å². The second-order valence-electron chi connectivity index (χ2n) is 9.64. The van der Waals surface area contributed by atoms with Gasteiger partial charge in [0.25, 0.3) is 0 Å². The number of carboxylic acids is 1. The second kappa shape index (κ2) is 11.6. The molecule has 1 spiro atoms. The predicted octanol–water partition coefficient (Wildman–Crippen LogP) is 3.56. The monoisotopic (exact) mass is 458 g/mol. The number of nitrogens with one attached hydrogen (secondary N) is 1. The molecule has 33 heavy (non-hydrogen) atoms. The fraction of sp³-hybridized carbons (Fsp3) is 0.654. The van der Waals surface area contributed by atoms with Crippen molar-refractivity contribution < 1.29 is 24.2 Å². The molecule has 1 heterocycles. The molecule has 2 fully saturated rings. The third-order valence-electron chi connectivity index (χ3n) is 7.27. The highest BCUT2D eigenvalue weighted by Crippen LogP contribution is 2.44. The minimum absolute atomic E-state index is 0.0352. The van der Waals surface area contributed by atoms with Crippen molar-refractivity contribution in [3.63, 3.8) is 0 Å². The zero-order chi connectivity index (χ0) is 23.8. The highest BCUT2D eigenvalue weighted by molar-refractivity contribution is 5.88.